The maximum atomic E-state index is 11.9. The van der Waals surface area contributed by atoms with Crippen LogP contribution in [0.3, 0.4) is 0 Å². The van der Waals surface area contributed by atoms with Crippen LogP contribution in [0.15, 0.2) is 54.6 Å². The topological polar surface area (TPSA) is 210 Å². The number of rotatable bonds is 2. The number of phenols is 7. The molecule has 12 heteroatoms. The molecule has 0 aromatic heterocycles. The minimum atomic E-state index is -2.09. The van der Waals surface area contributed by atoms with E-state index in [0.29, 0.717) is 5.56 Å². The van der Waals surface area contributed by atoms with Crippen LogP contribution in [0.1, 0.15) is 39.8 Å². The molecule has 12 nitrogen and oxygen atoms in total. The van der Waals surface area contributed by atoms with E-state index in [4.69, 9.17) is 14.2 Å². The van der Waals surface area contributed by atoms with Gasteiger partial charge in [0.1, 0.15) is 46.7 Å². The number of hydrogen-bond acceptors (Lipinski definition) is 12. The zero-order valence-electron chi connectivity index (χ0n) is 21.5. The van der Waals surface area contributed by atoms with Crippen LogP contribution in [0.4, 0.5) is 0 Å². The number of fused-ring (bicyclic) bond motifs is 8. The van der Waals surface area contributed by atoms with Gasteiger partial charge in [0.2, 0.25) is 0 Å². The van der Waals surface area contributed by atoms with Gasteiger partial charge < -0.3 is 60.2 Å². The van der Waals surface area contributed by atoms with Crippen molar-refractivity contribution >= 4 is 0 Å². The van der Waals surface area contributed by atoms with Crippen LogP contribution in [0.2, 0.25) is 0 Å². The Kier molecular flexibility index (Phi) is 5.30. The maximum Gasteiger partial charge on any atom is 0.305 e. The van der Waals surface area contributed by atoms with Crippen molar-refractivity contribution in [3.05, 3.63) is 82.4 Å². The molecule has 3 aliphatic rings. The monoisotopic (exact) mass is 576 g/mol. The summed E-state index contributed by atoms with van der Waals surface area (Å²) in [6.45, 7) is 0. The van der Waals surface area contributed by atoms with Crippen molar-refractivity contribution in [1.82, 2.24) is 0 Å². The summed E-state index contributed by atoms with van der Waals surface area (Å²) in [6, 6.07) is 11.1. The molecular weight excluding hydrogens is 552 g/mol. The number of aliphatic hydroxyl groups is 2. The molecule has 216 valence electrons. The van der Waals surface area contributed by atoms with E-state index in [-0.39, 0.29) is 63.2 Å². The van der Waals surface area contributed by atoms with E-state index >= 15 is 0 Å². The summed E-state index contributed by atoms with van der Waals surface area (Å²) in [4.78, 5) is 0. The first-order chi connectivity index (χ1) is 20.0. The summed E-state index contributed by atoms with van der Waals surface area (Å²) in [7, 11) is 0. The SMILES string of the molecule is Oc1cc(O)c2c(c1)O[C@]1(c3ccc(O)c(O)c3)Oc3cc(O)c4c(c3[C@H]2C1O)O[C@H](c1ccc(O)c(O)c1)[C@H](O)C4. The number of aromatic hydroxyl groups is 7. The highest BCUT2D eigenvalue weighted by molar-refractivity contribution is 5.68. The normalized spacial score (nSPS) is 25.2. The lowest BCUT2D eigenvalue weighted by molar-refractivity contribution is -0.219. The van der Waals surface area contributed by atoms with Gasteiger partial charge in [0, 0.05) is 46.9 Å². The third-order valence-electron chi connectivity index (χ3n) is 8.03. The Morgan fingerprint density at radius 1 is 0.643 bits per heavy atom. The van der Waals surface area contributed by atoms with E-state index in [9.17, 15) is 46.0 Å². The van der Waals surface area contributed by atoms with Crippen molar-refractivity contribution in [2.24, 2.45) is 0 Å². The highest BCUT2D eigenvalue weighted by Gasteiger charge is 2.60. The van der Waals surface area contributed by atoms with Crippen molar-refractivity contribution in [2.45, 2.75) is 36.4 Å². The highest BCUT2D eigenvalue weighted by atomic mass is 16.7. The first-order valence-electron chi connectivity index (χ1n) is 12.9. The minimum Gasteiger partial charge on any atom is -0.508 e. The van der Waals surface area contributed by atoms with Crippen molar-refractivity contribution in [2.75, 3.05) is 0 Å². The standard InChI is InChI=1S/C30H24O12/c31-13-7-20(37)24-22(8-13)41-30(12-2-4-16(33)19(36)6-12)29(39)26(24)25-23(42-30)10-17(34)14-9-21(38)27(40-28(14)25)11-1-3-15(32)18(35)5-11/h1-8,10,21,26-27,29,31-39H,9H2/t21-,26+,27-,29?,30-/m1/s1. The van der Waals surface area contributed by atoms with E-state index in [1.54, 1.807) is 0 Å². The van der Waals surface area contributed by atoms with Crippen LogP contribution < -0.4 is 14.2 Å². The average Bonchev–Trinajstić information content (AvgIpc) is 2.92. The number of benzene rings is 4. The Labute approximate surface area is 236 Å². The lowest BCUT2D eigenvalue weighted by Crippen LogP contribution is -2.57. The molecule has 4 aromatic carbocycles. The van der Waals surface area contributed by atoms with Gasteiger partial charge in [-0.1, -0.05) is 6.07 Å². The molecule has 0 saturated carbocycles. The highest BCUT2D eigenvalue weighted by Crippen LogP contribution is 2.62. The van der Waals surface area contributed by atoms with Gasteiger partial charge in [-0.3, -0.25) is 0 Å². The third kappa shape index (κ3) is 3.49. The molecule has 3 aliphatic heterocycles. The maximum absolute atomic E-state index is 11.9. The summed E-state index contributed by atoms with van der Waals surface area (Å²) in [6.07, 6.45) is -4.00. The van der Waals surface area contributed by atoms with Crippen LogP contribution in [0.25, 0.3) is 0 Å². The summed E-state index contributed by atoms with van der Waals surface area (Å²) >= 11 is 0. The second-order valence-electron chi connectivity index (χ2n) is 10.5. The molecule has 1 unspecified atom stereocenters. The molecule has 0 radical (unpaired) electrons. The van der Waals surface area contributed by atoms with Gasteiger partial charge in [-0.05, 0) is 35.9 Å². The van der Waals surface area contributed by atoms with E-state index in [0.717, 1.165) is 12.1 Å². The van der Waals surface area contributed by atoms with Crippen LogP contribution in [-0.4, -0.2) is 58.2 Å². The number of phenolic OH excluding ortho intramolecular Hbond substituents is 7. The zero-order valence-corrected chi connectivity index (χ0v) is 21.5. The van der Waals surface area contributed by atoms with Gasteiger partial charge in [0.15, 0.2) is 23.0 Å². The fourth-order valence-corrected chi connectivity index (χ4v) is 6.09. The van der Waals surface area contributed by atoms with Crippen LogP contribution in [0.5, 0.6) is 57.5 Å². The second kappa shape index (κ2) is 8.65. The summed E-state index contributed by atoms with van der Waals surface area (Å²) in [5.74, 6) is -6.11. The molecule has 5 atom stereocenters. The predicted molar refractivity (Wildman–Crippen MR) is 141 cm³/mol. The van der Waals surface area contributed by atoms with E-state index in [2.05, 4.69) is 0 Å². The fourth-order valence-electron chi connectivity index (χ4n) is 6.09. The lowest BCUT2D eigenvalue weighted by Gasteiger charge is -2.50. The van der Waals surface area contributed by atoms with Gasteiger partial charge >= 0.3 is 5.79 Å². The Bertz CT molecular complexity index is 1790. The van der Waals surface area contributed by atoms with Gasteiger partial charge in [0.05, 0.1) is 12.0 Å². The Morgan fingerprint density at radius 2 is 1.31 bits per heavy atom. The number of aliphatic hydroxyl groups excluding tert-OH is 2. The van der Waals surface area contributed by atoms with Gasteiger partial charge in [0.25, 0.3) is 0 Å². The van der Waals surface area contributed by atoms with Crippen molar-refractivity contribution < 1.29 is 60.2 Å². The van der Waals surface area contributed by atoms with E-state index < -0.39 is 53.0 Å². The zero-order chi connectivity index (χ0) is 29.7. The molecule has 0 fully saturated rings. The van der Waals surface area contributed by atoms with E-state index in [1.807, 2.05) is 0 Å². The van der Waals surface area contributed by atoms with Gasteiger partial charge in [-0.15, -0.1) is 0 Å². The molecule has 7 rings (SSSR count). The molecule has 42 heavy (non-hydrogen) atoms. The van der Waals surface area contributed by atoms with Crippen LogP contribution in [-0.2, 0) is 12.2 Å². The Hall–Kier alpha value is -5.20. The predicted octanol–water partition coefficient (Wildman–Crippen LogP) is 2.79. The molecule has 4 aromatic rings. The Balaban J connectivity index is 1.47. The summed E-state index contributed by atoms with van der Waals surface area (Å²) in [5, 5.41) is 95.1. The summed E-state index contributed by atoms with van der Waals surface area (Å²) in [5.41, 5.74) is 0.842. The molecule has 0 spiro atoms. The third-order valence-corrected chi connectivity index (χ3v) is 8.03. The molecule has 2 bridgehead atoms. The first-order valence-corrected chi connectivity index (χ1v) is 12.9. The molecule has 9 N–H and O–H groups in total. The largest absolute Gasteiger partial charge is 0.508 e. The molecule has 0 aliphatic carbocycles. The second-order valence-corrected chi connectivity index (χ2v) is 10.5. The molecule has 0 amide bonds. The molecule has 3 heterocycles. The minimum absolute atomic E-state index is 0.0177. The van der Waals surface area contributed by atoms with Gasteiger partial charge in [-0.25, -0.2) is 0 Å². The van der Waals surface area contributed by atoms with Crippen LogP contribution >= 0.6 is 0 Å². The van der Waals surface area contributed by atoms with Crippen molar-refractivity contribution in [1.29, 1.82) is 0 Å². The van der Waals surface area contributed by atoms with Gasteiger partial charge in [-0.2, -0.15) is 0 Å². The fraction of sp³-hybridized carbons (Fsp3) is 0.200. The van der Waals surface area contributed by atoms with Crippen molar-refractivity contribution in [3.8, 4) is 57.5 Å². The Morgan fingerprint density at radius 3 is 2.00 bits per heavy atom. The summed E-state index contributed by atoms with van der Waals surface area (Å²) < 4.78 is 18.6. The number of hydrogen-bond donors (Lipinski definition) is 9. The number of ether oxygens (including phenoxy) is 3. The first kappa shape index (κ1) is 25.7. The lowest BCUT2D eigenvalue weighted by atomic mass is 9.74. The molecular formula is C30H24O12. The molecule has 0 saturated heterocycles. The quantitative estimate of drug-likeness (QED) is 0.158. The van der Waals surface area contributed by atoms with E-state index in [1.165, 1.54) is 42.5 Å². The smallest absolute Gasteiger partial charge is 0.305 e. The van der Waals surface area contributed by atoms with Crippen molar-refractivity contribution in [3.63, 3.8) is 0 Å². The average molecular weight is 577 g/mol. The van der Waals surface area contributed by atoms with Crippen LogP contribution in [0, 0.1) is 0 Å².